The molecule has 0 radical (unpaired) electrons. The zero-order chi connectivity index (χ0) is 9.14. The molecule has 0 amide bonds. The standard InChI is InChI=1S/C8H16O3/c1-5-7(3-9)6(2)11-8(5)4-10/h5-10H,3-4H2,1-2H3/t5-,6+,7?,8-/m1/s1/i9D. The smallest absolute Gasteiger partial charge is 0.210 e. The van der Waals surface area contributed by atoms with Crippen molar-refractivity contribution in [3.05, 3.63) is 0 Å². The van der Waals surface area contributed by atoms with Crippen LogP contribution in [0, 0.1) is 11.8 Å². The molecule has 0 aliphatic carbocycles. The van der Waals surface area contributed by atoms with Crippen molar-refractivity contribution in [3.8, 4) is 0 Å². The molecule has 3 nitrogen and oxygen atoms in total. The highest BCUT2D eigenvalue weighted by Gasteiger charge is 2.38. The number of aliphatic hydroxyl groups excluding tert-OH is 2. The molecule has 1 aliphatic heterocycles. The molecule has 0 aromatic rings. The Kier molecular flexibility index (Phi) is 2.41. The molecule has 1 fully saturated rings. The molecule has 1 heterocycles. The summed E-state index contributed by atoms with van der Waals surface area (Å²) < 4.78 is 12.1. The fraction of sp³-hybridized carbons (Fsp3) is 1.00. The Morgan fingerprint density at radius 3 is 2.64 bits per heavy atom. The van der Waals surface area contributed by atoms with Gasteiger partial charge in [0.15, 0.2) is 0 Å². The normalized spacial score (nSPS) is 45.9. The van der Waals surface area contributed by atoms with Gasteiger partial charge < -0.3 is 15.0 Å². The van der Waals surface area contributed by atoms with E-state index in [4.69, 9.17) is 11.3 Å². The summed E-state index contributed by atoms with van der Waals surface area (Å²) in [6, 6.07) is 0. The van der Waals surface area contributed by atoms with Gasteiger partial charge in [0.2, 0.25) is 1.43 Å². The first-order valence-electron chi connectivity index (χ1n) is 4.46. The molecule has 0 saturated carbocycles. The Labute approximate surface area is 68.5 Å². The highest BCUT2D eigenvalue weighted by Crippen LogP contribution is 2.31. The molecule has 2 N–H and O–H groups in total. The maximum Gasteiger partial charge on any atom is 0.210 e. The SMILES string of the molecule is [2H]OCC1[C@H](C)O[C@H](CO)[C@@H]1C. The third-order valence-corrected chi connectivity index (χ3v) is 2.63. The summed E-state index contributed by atoms with van der Waals surface area (Å²) in [6.45, 7) is 4.42. The quantitative estimate of drug-likeness (QED) is 0.613. The molecule has 1 unspecified atom stereocenters. The lowest BCUT2D eigenvalue weighted by Gasteiger charge is -2.14. The summed E-state index contributed by atoms with van der Waals surface area (Å²) in [5.41, 5.74) is 0. The lowest BCUT2D eigenvalue weighted by molar-refractivity contribution is 0.00406. The van der Waals surface area contributed by atoms with Crippen LogP contribution in [-0.2, 0) is 4.74 Å². The number of ether oxygens (including phenoxy) is 1. The van der Waals surface area contributed by atoms with E-state index in [2.05, 4.69) is 5.11 Å². The summed E-state index contributed by atoms with van der Waals surface area (Å²) in [5, 5.41) is 13.3. The van der Waals surface area contributed by atoms with Crippen molar-refractivity contribution in [2.24, 2.45) is 11.8 Å². The largest absolute Gasteiger partial charge is 0.396 e. The molecule has 3 heteroatoms. The van der Waals surface area contributed by atoms with E-state index < -0.39 is 0 Å². The van der Waals surface area contributed by atoms with Gasteiger partial charge in [-0.3, -0.25) is 0 Å². The highest BCUT2D eigenvalue weighted by molar-refractivity contribution is 4.84. The number of hydrogen-bond acceptors (Lipinski definition) is 3. The van der Waals surface area contributed by atoms with Crippen LogP contribution >= 0.6 is 0 Å². The summed E-state index contributed by atoms with van der Waals surface area (Å²) in [6.07, 6.45) is 0.00245. The second kappa shape index (κ2) is 3.52. The topological polar surface area (TPSA) is 49.7 Å². The highest BCUT2D eigenvalue weighted by atomic mass is 16.5. The molecular weight excluding hydrogens is 144 g/mol. The lowest BCUT2D eigenvalue weighted by Crippen LogP contribution is -2.23. The van der Waals surface area contributed by atoms with Gasteiger partial charge in [-0.15, -0.1) is 0 Å². The van der Waals surface area contributed by atoms with Gasteiger partial charge in [-0.05, 0) is 12.8 Å². The van der Waals surface area contributed by atoms with Crippen LogP contribution in [0.1, 0.15) is 13.8 Å². The first-order chi connectivity index (χ1) is 5.70. The van der Waals surface area contributed by atoms with E-state index >= 15 is 0 Å². The van der Waals surface area contributed by atoms with Gasteiger partial charge in [0.05, 0.1) is 18.8 Å². The van der Waals surface area contributed by atoms with Gasteiger partial charge in [0.25, 0.3) is 0 Å². The van der Waals surface area contributed by atoms with E-state index in [-0.39, 0.29) is 30.7 Å². The van der Waals surface area contributed by atoms with Gasteiger partial charge in [-0.2, -0.15) is 0 Å². The third-order valence-electron chi connectivity index (χ3n) is 2.63. The predicted molar refractivity (Wildman–Crippen MR) is 41.2 cm³/mol. The van der Waals surface area contributed by atoms with Crippen molar-refractivity contribution < 1.29 is 15.0 Å². The van der Waals surface area contributed by atoms with Gasteiger partial charge in [0.1, 0.15) is 0 Å². The molecule has 11 heavy (non-hydrogen) atoms. The van der Waals surface area contributed by atoms with Crippen LogP contribution in [0.5, 0.6) is 0 Å². The maximum absolute atomic E-state index is 8.93. The first kappa shape index (κ1) is 7.53. The number of aliphatic hydroxyl groups is 2. The molecule has 1 rings (SSSR count). The average Bonchev–Trinajstić information content (AvgIpc) is 2.32. The Bertz CT molecular complexity index is 142. The van der Waals surface area contributed by atoms with Gasteiger partial charge in [-0.25, -0.2) is 0 Å². The Morgan fingerprint density at radius 1 is 1.45 bits per heavy atom. The summed E-state index contributed by atoms with van der Waals surface area (Å²) in [4.78, 5) is 0. The van der Waals surface area contributed by atoms with Crippen LogP contribution in [0.2, 0.25) is 0 Å². The Balaban J connectivity index is 2.51. The molecule has 1 saturated heterocycles. The monoisotopic (exact) mass is 161 g/mol. The predicted octanol–water partition coefficient (Wildman–Crippen LogP) is 0.0106. The maximum atomic E-state index is 8.93. The second-order valence-corrected chi connectivity index (χ2v) is 3.25. The average molecular weight is 161 g/mol. The zero-order valence-corrected chi connectivity index (χ0v) is 6.99. The molecule has 1 aliphatic rings. The Morgan fingerprint density at radius 2 is 2.18 bits per heavy atom. The summed E-state index contributed by atoms with van der Waals surface area (Å²) in [5.74, 6) is 0.509. The van der Waals surface area contributed by atoms with Crippen LogP contribution in [0.3, 0.4) is 0 Å². The van der Waals surface area contributed by atoms with Gasteiger partial charge >= 0.3 is 0 Å². The Hall–Kier alpha value is -0.120. The van der Waals surface area contributed by atoms with Gasteiger partial charge in [0, 0.05) is 12.5 Å². The minimum atomic E-state index is -0.0832. The second-order valence-electron chi connectivity index (χ2n) is 3.25. The minimum Gasteiger partial charge on any atom is -0.396 e. The van der Waals surface area contributed by atoms with E-state index in [0.29, 0.717) is 6.61 Å². The van der Waals surface area contributed by atoms with E-state index in [0.717, 1.165) is 0 Å². The fourth-order valence-corrected chi connectivity index (χ4v) is 1.70. The van der Waals surface area contributed by atoms with E-state index in [1.165, 1.54) is 0 Å². The molecule has 0 spiro atoms. The van der Waals surface area contributed by atoms with Crippen LogP contribution in [0.15, 0.2) is 0 Å². The third kappa shape index (κ3) is 1.55. The van der Waals surface area contributed by atoms with Gasteiger partial charge in [-0.1, -0.05) is 6.92 Å². The van der Waals surface area contributed by atoms with Crippen molar-refractivity contribution >= 4 is 0 Å². The number of hydrogen-bond donors (Lipinski definition) is 2. The van der Waals surface area contributed by atoms with E-state index in [1.807, 2.05) is 13.8 Å². The van der Waals surface area contributed by atoms with Crippen molar-refractivity contribution in [1.29, 1.82) is 1.43 Å². The van der Waals surface area contributed by atoms with Crippen LogP contribution in [-0.4, -0.2) is 37.1 Å². The van der Waals surface area contributed by atoms with Crippen molar-refractivity contribution in [3.63, 3.8) is 0 Å². The molecule has 0 aromatic heterocycles. The zero-order valence-electron chi connectivity index (χ0n) is 7.99. The van der Waals surface area contributed by atoms with Crippen molar-refractivity contribution in [2.45, 2.75) is 26.1 Å². The van der Waals surface area contributed by atoms with E-state index in [1.54, 1.807) is 0 Å². The minimum absolute atomic E-state index is 0.0556. The fourth-order valence-electron chi connectivity index (χ4n) is 1.70. The van der Waals surface area contributed by atoms with Crippen LogP contribution in [0.25, 0.3) is 0 Å². The summed E-state index contributed by atoms with van der Waals surface area (Å²) >= 11 is 0. The van der Waals surface area contributed by atoms with Crippen LogP contribution in [0.4, 0.5) is 0 Å². The summed E-state index contributed by atoms with van der Waals surface area (Å²) in [7, 11) is 0. The molecule has 0 aromatic carbocycles. The molecular formula is C8H16O3. The molecule has 66 valence electrons. The van der Waals surface area contributed by atoms with Crippen molar-refractivity contribution in [1.82, 2.24) is 0 Å². The van der Waals surface area contributed by atoms with Crippen LogP contribution < -0.4 is 0 Å². The molecule has 4 atom stereocenters. The first-order valence-corrected chi connectivity index (χ1v) is 4.05. The van der Waals surface area contributed by atoms with Crippen molar-refractivity contribution in [2.75, 3.05) is 13.2 Å². The number of rotatable bonds is 3. The molecule has 0 bridgehead atoms. The lowest BCUT2D eigenvalue weighted by atomic mass is 9.90. The van der Waals surface area contributed by atoms with E-state index in [9.17, 15) is 0 Å².